The topological polar surface area (TPSA) is 35.5 Å². The highest BCUT2D eigenvalue weighted by Crippen LogP contribution is 2.50. The molecule has 0 saturated heterocycles. The Balaban J connectivity index is 1.69. The van der Waals surface area contributed by atoms with Gasteiger partial charge in [0.15, 0.2) is 0 Å². The quantitative estimate of drug-likeness (QED) is 0.253. The molecule has 1 fully saturated rings. The number of carbonyl (C=O) groups is 1. The van der Waals surface area contributed by atoms with Gasteiger partial charge in [-0.2, -0.15) is 13.2 Å². The summed E-state index contributed by atoms with van der Waals surface area (Å²) in [4.78, 5) is 12.4. The number of hydrogen-bond donors (Lipinski definition) is 0. The summed E-state index contributed by atoms with van der Waals surface area (Å²) in [6, 6.07) is 19.1. The summed E-state index contributed by atoms with van der Waals surface area (Å²) < 4.78 is 51.1. The van der Waals surface area contributed by atoms with Crippen molar-refractivity contribution in [3.05, 3.63) is 77.4 Å². The molecule has 0 spiro atoms. The van der Waals surface area contributed by atoms with Gasteiger partial charge in [-0.15, -0.1) is 0 Å². The van der Waals surface area contributed by atoms with E-state index in [1.807, 2.05) is 49.4 Å². The molecule has 3 nitrogen and oxygen atoms in total. The fraction of sp³-hybridized carbons (Fsp3) is 0.414. The predicted molar refractivity (Wildman–Crippen MR) is 131 cm³/mol. The van der Waals surface area contributed by atoms with Gasteiger partial charge < -0.3 is 9.47 Å². The third-order valence-corrected chi connectivity index (χ3v) is 7.31. The molecule has 186 valence electrons. The number of alkyl halides is 3. The molecule has 0 aromatic heterocycles. The Bertz CT molecular complexity index is 1160. The number of halogens is 3. The summed E-state index contributed by atoms with van der Waals surface area (Å²) in [5.41, 5.74) is 1.82. The minimum Gasteiger partial charge on any atom is -0.497 e. The van der Waals surface area contributed by atoms with Gasteiger partial charge in [-0.3, -0.25) is 0 Å². The van der Waals surface area contributed by atoms with E-state index in [1.54, 1.807) is 19.2 Å². The van der Waals surface area contributed by atoms with Crippen molar-refractivity contribution in [3.63, 3.8) is 0 Å². The maximum atomic E-state index is 13.5. The molecule has 0 amide bonds. The van der Waals surface area contributed by atoms with E-state index in [1.165, 1.54) is 0 Å². The third-order valence-electron chi connectivity index (χ3n) is 7.31. The van der Waals surface area contributed by atoms with E-state index < -0.39 is 17.5 Å². The first-order valence-corrected chi connectivity index (χ1v) is 12.2. The summed E-state index contributed by atoms with van der Waals surface area (Å²) in [6.07, 6.45) is -1.51. The van der Waals surface area contributed by atoms with Crippen molar-refractivity contribution in [2.75, 3.05) is 13.7 Å². The number of hydrogen-bond acceptors (Lipinski definition) is 3. The minimum absolute atomic E-state index is 0.0744. The fourth-order valence-corrected chi connectivity index (χ4v) is 5.15. The molecule has 0 N–H and O–H groups in total. The van der Waals surface area contributed by atoms with Crippen LogP contribution in [0.25, 0.3) is 10.8 Å². The van der Waals surface area contributed by atoms with Crippen LogP contribution in [-0.4, -0.2) is 25.9 Å². The molecule has 0 atom stereocenters. The van der Waals surface area contributed by atoms with Crippen molar-refractivity contribution in [3.8, 4) is 5.75 Å². The Morgan fingerprint density at radius 2 is 1.57 bits per heavy atom. The second-order valence-corrected chi connectivity index (χ2v) is 9.39. The summed E-state index contributed by atoms with van der Waals surface area (Å²) in [5.74, 6) is -0.903. The molecule has 35 heavy (non-hydrogen) atoms. The van der Waals surface area contributed by atoms with E-state index in [9.17, 15) is 18.0 Å². The van der Waals surface area contributed by atoms with Crippen LogP contribution in [0.15, 0.2) is 60.7 Å². The van der Waals surface area contributed by atoms with E-state index in [0.717, 1.165) is 40.5 Å². The standard InChI is InChI=1S/C29H31F3O3/c1-3-4-17-35-27(33)20-5-9-23(10-6-20)28(15-13-24(14-16-28)29(30,31)32)25-11-7-22-19-26(34-2)12-8-21(22)18-25/h5-12,18-19,24H,3-4,13-17H2,1-2H3. The Hall–Kier alpha value is -3.02. The molecule has 4 rings (SSSR count). The molecule has 1 saturated carbocycles. The molecule has 1 aliphatic rings. The molecule has 1 aliphatic carbocycles. The fourth-order valence-electron chi connectivity index (χ4n) is 5.15. The first kappa shape index (κ1) is 25.1. The predicted octanol–water partition coefficient (Wildman–Crippen LogP) is 7.84. The molecule has 3 aromatic carbocycles. The lowest BCUT2D eigenvalue weighted by molar-refractivity contribution is -0.184. The van der Waals surface area contributed by atoms with Crippen LogP contribution in [-0.2, 0) is 10.2 Å². The lowest BCUT2D eigenvalue weighted by Crippen LogP contribution is -2.37. The number of carbonyl (C=O) groups excluding carboxylic acids is 1. The highest BCUT2D eigenvalue weighted by atomic mass is 19.4. The molecule has 0 unspecified atom stereocenters. The van der Waals surface area contributed by atoms with Gasteiger partial charge in [-0.1, -0.05) is 49.7 Å². The van der Waals surface area contributed by atoms with Crippen LogP contribution < -0.4 is 4.74 Å². The number of fused-ring (bicyclic) bond motifs is 1. The van der Waals surface area contributed by atoms with Crippen LogP contribution in [0.2, 0.25) is 0 Å². The van der Waals surface area contributed by atoms with E-state index in [-0.39, 0.29) is 18.8 Å². The highest BCUT2D eigenvalue weighted by Gasteiger charge is 2.47. The monoisotopic (exact) mass is 484 g/mol. The van der Waals surface area contributed by atoms with Gasteiger partial charge in [-0.25, -0.2) is 4.79 Å². The lowest BCUT2D eigenvalue weighted by atomic mass is 9.62. The number of unbranched alkanes of at least 4 members (excludes halogenated alkanes) is 1. The second-order valence-electron chi connectivity index (χ2n) is 9.39. The van der Waals surface area contributed by atoms with Crippen molar-refractivity contribution in [1.82, 2.24) is 0 Å². The number of ether oxygens (including phenoxy) is 2. The van der Waals surface area contributed by atoms with Gasteiger partial charge in [0, 0.05) is 5.41 Å². The summed E-state index contributed by atoms with van der Waals surface area (Å²) >= 11 is 0. The van der Waals surface area contributed by atoms with Crippen molar-refractivity contribution in [2.24, 2.45) is 5.92 Å². The van der Waals surface area contributed by atoms with Gasteiger partial charge in [0.2, 0.25) is 0 Å². The largest absolute Gasteiger partial charge is 0.497 e. The smallest absolute Gasteiger partial charge is 0.391 e. The van der Waals surface area contributed by atoms with Gasteiger partial charge >= 0.3 is 12.1 Å². The van der Waals surface area contributed by atoms with Crippen LogP contribution >= 0.6 is 0 Å². The summed E-state index contributed by atoms with van der Waals surface area (Å²) in [7, 11) is 1.62. The molecular formula is C29H31F3O3. The van der Waals surface area contributed by atoms with Crippen LogP contribution in [0.3, 0.4) is 0 Å². The maximum absolute atomic E-state index is 13.5. The Labute approximate surface area is 204 Å². The number of methoxy groups -OCH3 is 1. The van der Waals surface area contributed by atoms with Crippen molar-refractivity contribution >= 4 is 16.7 Å². The van der Waals surface area contributed by atoms with Crippen LogP contribution in [0.1, 0.15) is 66.9 Å². The highest BCUT2D eigenvalue weighted by molar-refractivity contribution is 5.89. The van der Waals surface area contributed by atoms with Gasteiger partial charge in [0.1, 0.15) is 5.75 Å². The van der Waals surface area contributed by atoms with Crippen LogP contribution in [0.4, 0.5) is 13.2 Å². The number of benzene rings is 3. The average molecular weight is 485 g/mol. The zero-order valence-electron chi connectivity index (χ0n) is 20.2. The zero-order chi connectivity index (χ0) is 25.1. The Morgan fingerprint density at radius 1 is 0.943 bits per heavy atom. The first-order valence-electron chi connectivity index (χ1n) is 12.2. The van der Waals surface area contributed by atoms with Gasteiger partial charge in [0.25, 0.3) is 0 Å². The van der Waals surface area contributed by atoms with E-state index in [0.29, 0.717) is 25.0 Å². The molecule has 0 heterocycles. The minimum atomic E-state index is -4.18. The molecule has 3 aromatic rings. The Kier molecular flexibility index (Phi) is 7.39. The molecule has 0 radical (unpaired) electrons. The van der Waals surface area contributed by atoms with Crippen molar-refractivity contribution in [2.45, 2.75) is 57.0 Å². The van der Waals surface area contributed by atoms with E-state index in [4.69, 9.17) is 9.47 Å². The third kappa shape index (κ3) is 5.31. The van der Waals surface area contributed by atoms with E-state index >= 15 is 0 Å². The maximum Gasteiger partial charge on any atom is 0.391 e. The second kappa shape index (κ2) is 10.3. The van der Waals surface area contributed by atoms with Crippen LogP contribution in [0, 0.1) is 5.92 Å². The normalized spacial score (nSPS) is 20.5. The molecular weight excluding hydrogens is 453 g/mol. The van der Waals surface area contributed by atoms with Gasteiger partial charge in [-0.05, 0) is 78.3 Å². The van der Waals surface area contributed by atoms with E-state index in [2.05, 4.69) is 6.07 Å². The first-order chi connectivity index (χ1) is 16.8. The summed E-state index contributed by atoms with van der Waals surface area (Å²) in [6.45, 7) is 2.40. The van der Waals surface area contributed by atoms with Crippen LogP contribution in [0.5, 0.6) is 5.75 Å². The molecule has 0 aliphatic heterocycles. The lowest BCUT2D eigenvalue weighted by Gasteiger charge is -2.42. The van der Waals surface area contributed by atoms with Crippen molar-refractivity contribution in [1.29, 1.82) is 0 Å². The number of rotatable bonds is 7. The number of esters is 1. The Morgan fingerprint density at radius 3 is 2.20 bits per heavy atom. The van der Waals surface area contributed by atoms with Gasteiger partial charge in [0.05, 0.1) is 25.2 Å². The average Bonchev–Trinajstić information content (AvgIpc) is 2.87. The SMILES string of the molecule is CCCCOC(=O)c1ccc(C2(c3ccc4cc(OC)ccc4c3)CCC(C(F)(F)F)CC2)cc1. The van der Waals surface area contributed by atoms with Crippen molar-refractivity contribution < 1.29 is 27.4 Å². The molecule has 0 bridgehead atoms. The zero-order valence-corrected chi connectivity index (χ0v) is 20.2. The molecule has 6 heteroatoms. The summed E-state index contributed by atoms with van der Waals surface area (Å²) in [5, 5.41) is 2.02.